The number of aryl methyl sites for hydroxylation is 1. The van der Waals surface area contributed by atoms with Crippen molar-refractivity contribution >= 4 is 11.8 Å². The van der Waals surface area contributed by atoms with Crippen LogP contribution >= 0.6 is 0 Å². The van der Waals surface area contributed by atoms with E-state index in [1.54, 1.807) is 37.5 Å². The number of nitrogens with zero attached hydrogens (tertiary/aromatic N) is 3. The van der Waals surface area contributed by atoms with Crippen molar-refractivity contribution in [1.82, 2.24) is 14.8 Å². The van der Waals surface area contributed by atoms with Crippen molar-refractivity contribution in [3.8, 4) is 5.75 Å². The second-order valence-corrected chi connectivity index (χ2v) is 8.40. The first-order chi connectivity index (χ1) is 14.0. The lowest BCUT2D eigenvalue weighted by Crippen LogP contribution is -2.52. The molecule has 1 aromatic heterocycles. The van der Waals surface area contributed by atoms with Gasteiger partial charge in [0.1, 0.15) is 5.75 Å². The Hall–Kier alpha value is -2.89. The fourth-order valence-electron chi connectivity index (χ4n) is 4.52. The van der Waals surface area contributed by atoms with Crippen molar-refractivity contribution in [2.45, 2.75) is 39.2 Å². The van der Waals surface area contributed by atoms with Gasteiger partial charge in [0.25, 0.3) is 5.91 Å². The zero-order valence-electron chi connectivity index (χ0n) is 16.8. The Bertz CT molecular complexity index is 905. The lowest BCUT2D eigenvalue weighted by atomic mass is 9.72. The van der Waals surface area contributed by atoms with Crippen LogP contribution in [0.25, 0.3) is 0 Å². The lowest BCUT2D eigenvalue weighted by molar-refractivity contribution is -0.139. The fourth-order valence-corrected chi connectivity index (χ4v) is 4.52. The van der Waals surface area contributed by atoms with Gasteiger partial charge in [-0.2, -0.15) is 0 Å². The maximum absolute atomic E-state index is 12.9. The SMILES string of the molecule is Cc1cc(C(=O)N2CCC3(CCC(=O)N(Cc4ccncc4)C3)CC2)ccc1O. The summed E-state index contributed by atoms with van der Waals surface area (Å²) in [6.07, 6.45) is 6.82. The number of phenols is 1. The number of carbonyl (C=O) groups excluding carboxylic acids is 2. The summed E-state index contributed by atoms with van der Waals surface area (Å²) >= 11 is 0. The number of piperidine rings is 2. The summed E-state index contributed by atoms with van der Waals surface area (Å²) in [6, 6.07) is 8.92. The number of phenolic OH excluding ortho intramolecular Hbond substituents is 1. The Labute approximate surface area is 171 Å². The fraction of sp³-hybridized carbons (Fsp3) is 0.435. The van der Waals surface area contributed by atoms with Gasteiger partial charge in [-0.05, 0) is 73.1 Å². The summed E-state index contributed by atoms with van der Waals surface area (Å²) in [4.78, 5) is 33.3. The van der Waals surface area contributed by atoms with E-state index in [0.29, 0.717) is 37.2 Å². The Morgan fingerprint density at radius 3 is 2.55 bits per heavy atom. The first kappa shape index (κ1) is 19.4. The number of carbonyl (C=O) groups is 2. The molecular formula is C23H27N3O3. The molecule has 2 fully saturated rings. The molecule has 1 N–H and O–H groups in total. The van der Waals surface area contributed by atoms with Crippen LogP contribution in [-0.2, 0) is 11.3 Å². The smallest absolute Gasteiger partial charge is 0.253 e. The molecule has 0 unspecified atom stereocenters. The minimum absolute atomic E-state index is 0.0171. The van der Waals surface area contributed by atoms with E-state index in [2.05, 4.69) is 4.98 Å². The molecule has 152 valence electrons. The molecule has 0 atom stereocenters. The maximum Gasteiger partial charge on any atom is 0.253 e. The molecular weight excluding hydrogens is 366 g/mol. The predicted octanol–water partition coefficient (Wildman–Crippen LogP) is 3.14. The molecule has 4 rings (SSSR count). The lowest BCUT2D eigenvalue weighted by Gasteiger charge is -2.47. The first-order valence-corrected chi connectivity index (χ1v) is 10.2. The van der Waals surface area contributed by atoms with Crippen molar-refractivity contribution in [1.29, 1.82) is 0 Å². The predicted molar refractivity (Wildman–Crippen MR) is 109 cm³/mol. The third-order valence-electron chi connectivity index (χ3n) is 6.43. The summed E-state index contributed by atoms with van der Waals surface area (Å²) < 4.78 is 0. The molecule has 2 saturated heterocycles. The highest BCUT2D eigenvalue weighted by Gasteiger charge is 2.41. The Morgan fingerprint density at radius 1 is 1.14 bits per heavy atom. The van der Waals surface area contributed by atoms with Crippen molar-refractivity contribution in [3.05, 3.63) is 59.4 Å². The van der Waals surface area contributed by atoms with Gasteiger partial charge in [0.2, 0.25) is 5.91 Å². The number of hydrogen-bond donors (Lipinski definition) is 1. The van der Waals surface area contributed by atoms with Crippen LogP contribution in [0.4, 0.5) is 0 Å². The summed E-state index contributed by atoms with van der Waals surface area (Å²) in [5.41, 5.74) is 2.53. The van der Waals surface area contributed by atoms with E-state index in [4.69, 9.17) is 0 Å². The number of aromatic hydroxyl groups is 1. The second-order valence-electron chi connectivity index (χ2n) is 8.40. The Kier molecular flexibility index (Phi) is 5.26. The van der Waals surface area contributed by atoms with E-state index < -0.39 is 0 Å². The van der Waals surface area contributed by atoms with Crippen molar-refractivity contribution in [2.75, 3.05) is 19.6 Å². The van der Waals surface area contributed by atoms with Gasteiger partial charge in [-0.25, -0.2) is 0 Å². The van der Waals surface area contributed by atoms with Gasteiger partial charge in [-0.1, -0.05) is 0 Å². The first-order valence-electron chi connectivity index (χ1n) is 10.2. The summed E-state index contributed by atoms with van der Waals surface area (Å²) in [5, 5.41) is 9.69. The topological polar surface area (TPSA) is 73.7 Å². The highest BCUT2D eigenvalue weighted by Crippen LogP contribution is 2.41. The third-order valence-corrected chi connectivity index (χ3v) is 6.43. The van der Waals surface area contributed by atoms with E-state index in [0.717, 1.165) is 31.4 Å². The number of benzene rings is 1. The van der Waals surface area contributed by atoms with E-state index in [1.807, 2.05) is 21.9 Å². The Morgan fingerprint density at radius 2 is 1.86 bits per heavy atom. The summed E-state index contributed by atoms with van der Waals surface area (Å²) in [5.74, 6) is 0.439. The quantitative estimate of drug-likeness (QED) is 0.869. The minimum Gasteiger partial charge on any atom is -0.508 e. The number of aromatic nitrogens is 1. The van der Waals surface area contributed by atoms with E-state index in [1.165, 1.54) is 0 Å². The van der Waals surface area contributed by atoms with E-state index in [9.17, 15) is 14.7 Å². The number of amides is 2. The number of rotatable bonds is 3. The molecule has 29 heavy (non-hydrogen) atoms. The normalized spacial score (nSPS) is 18.9. The molecule has 2 aromatic rings. The second kappa shape index (κ2) is 7.85. The zero-order chi connectivity index (χ0) is 20.4. The van der Waals surface area contributed by atoms with Gasteiger partial charge in [0.05, 0.1) is 0 Å². The van der Waals surface area contributed by atoms with Crippen LogP contribution in [0.1, 0.15) is 47.2 Å². The monoisotopic (exact) mass is 393 g/mol. The molecule has 0 saturated carbocycles. The molecule has 6 nitrogen and oxygen atoms in total. The molecule has 6 heteroatoms. The van der Waals surface area contributed by atoms with Gasteiger partial charge >= 0.3 is 0 Å². The average molecular weight is 393 g/mol. The molecule has 3 heterocycles. The largest absolute Gasteiger partial charge is 0.508 e. The van der Waals surface area contributed by atoms with Crippen LogP contribution in [0.15, 0.2) is 42.7 Å². The van der Waals surface area contributed by atoms with E-state index in [-0.39, 0.29) is 23.0 Å². The van der Waals surface area contributed by atoms with Gasteiger partial charge < -0.3 is 14.9 Å². The average Bonchev–Trinajstić information content (AvgIpc) is 2.74. The third kappa shape index (κ3) is 4.11. The van der Waals surface area contributed by atoms with Gasteiger partial charge in [0, 0.05) is 50.6 Å². The zero-order valence-corrected chi connectivity index (χ0v) is 16.8. The molecule has 0 radical (unpaired) electrons. The molecule has 1 aromatic carbocycles. The van der Waals surface area contributed by atoms with Gasteiger partial charge in [0.15, 0.2) is 0 Å². The maximum atomic E-state index is 12.9. The van der Waals surface area contributed by atoms with Crippen LogP contribution < -0.4 is 0 Å². The van der Waals surface area contributed by atoms with Crippen LogP contribution in [0, 0.1) is 12.3 Å². The summed E-state index contributed by atoms with van der Waals surface area (Å²) in [6.45, 7) is 4.59. The minimum atomic E-state index is 0.0171. The van der Waals surface area contributed by atoms with E-state index >= 15 is 0 Å². The Balaban J connectivity index is 1.40. The molecule has 1 spiro atoms. The summed E-state index contributed by atoms with van der Waals surface area (Å²) in [7, 11) is 0. The van der Waals surface area contributed by atoms with Crippen LogP contribution in [0.2, 0.25) is 0 Å². The molecule has 0 aliphatic carbocycles. The number of hydrogen-bond acceptors (Lipinski definition) is 4. The van der Waals surface area contributed by atoms with Gasteiger partial charge in [-0.3, -0.25) is 14.6 Å². The molecule has 2 amide bonds. The number of pyridine rings is 1. The van der Waals surface area contributed by atoms with Crippen LogP contribution in [0.5, 0.6) is 5.75 Å². The van der Waals surface area contributed by atoms with Crippen LogP contribution in [-0.4, -0.2) is 51.3 Å². The van der Waals surface area contributed by atoms with Crippen molar-refractivity contribution in [3.63, 3.8) is 0 Å². The van der Waals surface area contributed by atoms with Crippen molar-refractivity contribution < 1.29 is 14.7 Å². The molecule has 0 bridgehead atoms. The highest BCUT2D eigenvalue weighted by molar-refractivity contribution is 5.94. The van der Waals surface area contributed by atoms with Crippen molar-refractivity contribution in [2.24, 2.45) is 5.41 Å². The molecule has 2 aliphatic heterocycles. The molecule has 2 aliphatic rings. The van der Waals surface area contributed by atoms with Crippen LogP contribution in [0.3, 0.4) is 0 Å². The number of likely N-dealkylation sites (tertiary alicyclic amines) is 2. The van der Waals surface area contributed by atoms with Gasteiger partial charge in [-0.15, -0.1) is 0 Å². The highest BCUT2D eigenvalue weighted by atomic mass is 16.3. The standard InChI is InChI=1S/C23H27N3O3/c1-17-14-19(2-3-20(17)27)22(29)25-12-8-23(9-13-25)7-4-21(28)26(16-23)15-18-5-10-24-11-6-18/h2-3,5-6,10-11,14,27H,4,7-9,12-13,15-16H2,1H3.